The van der Waals surface area contributed by atoms with E-state index in [1.165, 1.54) is 0 Å². The zero-order valence-corrected chi connectivity index (χ0v) is 15.6. The molecule has 1 aromatic carbocycles. The average molecular weight is 368 g/mol. The van der Waals surface area contributed by atoms with Gasteiger partial charge in [0.2, 0.25) is 0 Å². The first-order valence-corrected chi connectivity index (χ1v) is 9.23. The van der Waals surface area contributed by atoms with Crippen LogP contribution in [-0.2, 0) is 0 Å². The minimum atomic E-state index is 0.108. The Kier molecular flexibility index (Phi) is 5.71. The first-order chi connectivity index (χ1) is 13.0. The molecule has 27 heavy (non-hydrogen) atoms. The maximum absolute atomic E-state index is 10.0. The number of rotatable bonds is 5. The molecule has 1 atom stereocenters. The molecule has 0 aliphatic carbocycles. The Bertz CT molecular complexity index is 844. The van der Waals surface area contributed by atoms with Crippen molar-refractivity contribution in [2.24, 2.45) is 23.1 Å². The van der Waals surface area contributed by atoms with Gasteiger partial charge in [-0.1, -0.05) is 12.1 Å². The van der Waals surface area contributed by atoms with Crippen molar-refractivity contribution in [2.75, 3.05) is 13.1 Å². The molecule has 3 rings (SSSR count). The smallest absolute Gasteiger partial charge is 0.124 e. The van der Waals surface area contributed by atoms with Gasteiger partial charge in [0.05, 0.1) is 12.2 Å². The number of phenolic OH excluding ortho intramolecular Hbond substituents is 1. The van der Waals surface area contributed by atoms with Gasteiger partial charge in [0.25, 0.3) is 0 Å². The van der Waals surface area contributed by atoms with Crippen molar-refractivity contribution in [3.63, 3.8) is 0 Å². The van der Waals surface area contributed by atoms with Crippen LogP contribution in [0.2, 0.25) is 0 Å². The van der Waals surface area contributed by atoms with E-state index in [1.54, 1.807) is 30.5 Å². The van der Waals surface area contributed by atoms with Gasteiger partial charge in [-0.3, -0.25) is 4.68 Å². The maximum Gasteiger partial charge on any atom is 0.124 e. The van der Waals surface area contributed by atoms with E-state index in [2.05, 4.69) is 17.3 Å². The monoisotopic (exact) mass is 368 g/mol. The van der Waals surface area contributed by atoms with E-state index in [0.29, 0.717) is 28.8 Å². The van der Waals surface area contributed by atoms with Crippen LogP contribution < -0.4 is 22.5 Å². The molecule has 2 aromatic rings. The Hall–Kier alpha value is -2.93. The molecule has 1 saturated heterocycles. The zero-order valence-electron chi connectivity index (χ0n) is 15.6. The molecule has 0 spiro atoms. The van der Waals surface area contributed by atoms with Crippen molar-refractivity contribution in [3.8, 4) is 5.75 Å². The molecule has 2 heterocycles. The second kappa shape index (κ2) is 8.18. The second-order valence-corrected chi connectivity index (χ2v) is 7.02. The third-order valence-corrected chi connectivity index (χ3v) is 5.22. The number of nitrogens with zero attached hydrogens (tertiary/aromatic N) is 2. The van der Waals surface area contributed by atoms with E-state index >= 15 is 0 Å². The number of aromatic nitrogens is 2. The highest BCUT2D eigenvalue weighted by atomic mass is 16.3. The number of hydrogen-bond acceptors (Lipinski definition) is 6. The molecule has 0 amide bonds. The van der Waals surface area contributed by atoms with Crippen LogP contribution in [-0.4, -0.2) is 28.0 Å². The number of allylic oxidation sites excluding steroid dienone is 2. The molecule has 1 aliphatic rings. The fourth-order valence-corrected chi connectivity index (χ4v) is 3.53. The molecule has 0 radical (unpaired) electrons. The van der Waals surface area contributed by atoms with Gasteiger partial charge in [0.15, 0.2) is 0 Å². The molecular formula is C20H28N6O. The minimum Gasteiger partial charge on any atom is -0.507 e. The fourth-order valence-electron chi connectivity index (χ4n) is 3.53. The molecule has 144 valence electrons. The maximum atomic E-state index is 10.0. The minimum absolute atomic E-state index is 0.108. The molecule has 1 fully saturated rings. The Labute approximate surface area is 159 Å². The van der Waals surface area contributed by atoms with E-state index < -0.39 is 0 Å². The van der Waals surface area contributed by atoms with Crippen molar-refractivity contribution >= 4 is 11.3 Å². The van der Waals surface area contributed by atoms with Gasteiger partial charge in [-0.25, -0.2) is 0 Å². The number of piperidine rings is 1. The van der Waals surface area contributed by atoms with Crippen molar-refractivity contribution in [3.05, 3.63) is 59.7 Å². The Morgan fingerprint density at radius 1 is 1.26 bits per heavy atom. The SMILES string of the molecule is CC(C1CCNCC1)n1cc(C(/C=C(\N)c2ccccc2O)=C(N)N)cn1. The van der Waals surface area contributed by atoms with Gasteiger partial charge in [-0.15, -0.1) is 0 Å². The predicted molar refractivity (Wildman–Crippen MR) is 108 cm³/mol. The highest BCUT2D eigenvalue weighted by molar-refractivity contribution is 5.84. The Balaban J connectivity index is 1.87. The molecule has 8 N–H and O–H groups in total. The van der Waals surface area contributed by atoms with Gasteiger partial charge < -0.3 is 27.6 Å². The van der Waals surface area contributed by atoms with Crippen molar-refractivity contribution in [1.82, 2.24) is 15.1 Å². The molecule has 0 bridgehead atoms. The van der Waals surface area contributed by atoms with Crippen LogP contribution in [0.15, 0.2) is 48.6 Å². The zero-order chi connectivity index (χ0) is 19.4. The average Bonchev–Trinajstić information content (AvgIpc) is 3.16. The summed E-state index contributed by atoms with van der Waals surface area (Å²) in [4.78, 5) is 0. The first-order valence-electron chi connectivity index (χ1n) is 9.23. The summed E-state index contributed by atoms with van der Waals surface area (Å²) in [7, 11) is 0. The summed E-state index contributed by atoms with van der Waals surface area (Å²) in [6, 6.07) is 7.18. The van der Waals surface area contributed by atoms with Gasteiger partial charge in [0.1, 0.15) is 11.6 Å². The van der Waals surface area contributed by atoms with E-state index in [-0.39, 0.29) is 11.6 Å². The van der Waals surface area contributed by atoms with Gasteiger partial charge in [-0.2, -0.15) is 5.10 Å². The van der Waals surface area contributed by atoms with Gasteiger partial charge in [0, 0.05) is 28.6 Å². The lowest BCUT2D eigenvalue weighted by atomic mass is 9.91. The number of nitrogens with one attached hydrogen (secondary N) is 1. The normalized spacial score (nSPS) is 16.9. The van der Waals surface area contributed by atoms with E-state index in [4.69, 9.17) is 17.2 Å². The summed E-state index contributed by atoms with van der Waals surface area (Å²) in [6.07, 6.45) is 7.66. The van der Waals surface area contributed by atoms with Crippen LogP contribution in [0.3, 0.4) is 0 Å². The quantitative estimate of drug-likeness (QED) is 0.511. The summed E-state index contributed by atoms with van der Waals surface area (Å²) in [6.45, 7) is 4.28. The number of para-hydroxylation sites is 1. The van der Waals surface area contributed by atoms with E-state index in [1.807, 2.05) is 16.9 Å². The van der Waals surface area contributed by atoms with E-state index in [9.17, 15) is 5.11 Å². The summed E-state index contributed by atoms with van der Waals surface area (Å²) < 4.78 is 1.97. The van der Waals surface area contributed by atoms with Gasteiger partial charge >= 0.3 is 0 Å². The van der Waals surface area contributed by atoms with Crippen molar-refractivity contribution in [2.45, 2.75) is 25.8 Å². The highest BCUT2D eigenvalue weighted by Crippen LogP contribution is 2.28. The number of aromatic hydroxyl groups is 1. The molecule has 7 heteroatoms. The second-order valence-electron chi connectivity index (χ2n) is 7.02. The largest absolute Gasteiger partial charge is 0.507 e. The standard InChI is InChI=1S/C20H28N6O/c1-13(14-6-8-24-9-7-14)26-12-15(11-25-26)17(20(22)23)10-18(21)16-4-2-3-5-19(16)27/h2-5,10-14,24,27H,6-9,21-23H2,1H3/b18-10-. The summed E-state index contributed by atoms with van der Waals surface area (Å²) in [5, 5.41) is 17.9. The Morgan fingerprint density at radius 2 is 1.96 bits per heavy atom. The summed E-state index contributed by atoms with van der Waals surface area (Å²) in [5.74, 6) is 0.849. The molecule has 1 unspecified atom stereocenters. The molecule has 0 saturated carbocycles. The lowest BCUT2D eigenvalue weighted by Gasteiger charge is -2.28. The predicted octanol–water partition coefficient (Wildman–Crippen LogP) is 1.74. The Morgan fingerprint density at radius 3 is 2.63 bits per heavy atom. The number of phenols is 1. The number of benzene rings is 1. The lowest BCUT2D eigenvalue weighted by Crippen LogP contribution is -2.31. The molecule has 7 nitrogen and oxygen atoms in total. The van der Waals surface area contributed by atoms with Crippen LogP contribution in [0.1, 0.15) is 36.9 Å². The van der Waals surface area contributed by atoms with Crippen molar-refractivity contribution in [1.29, 1.82) is 0 Å². The topological polar surface area (TPSA) is 128 Å². The van der Waals surface area contributed by atoms with E-state index in [0.717, 1.165) is 31.5 Å². The van der Waals surface area contributed by atoms with Gasteiger partial charge in [-0.05, 0) is 57.0 Å². The first kappa shape index (κ1) is 18.8. The third kappa shape index (κ3) is 4.25. The van der Waals surface area contributed by atoms with Crippen LogP contribution >= 0.6 is 0 Å². The van der Waals surface area contributed by atoms with Crippen LogP contribution in [0.25, 0.3) is 11.3 Å². The van der Waals surface area contributed by atoms with Crippen molar-refractivity contribution < 1.29 is 5.11 Å². The summed E-state index contributed by atoms with van der Waals surface area (Å²) in [5.41, 5.74) is 20.3. The highest BCUT2D eigenvalue weighted by Gasteiger charge is 2.22. The van der Waals surface area contributed by atoms with Crippen LogP contribution in [0.4, 0.5) is 0 Å². The third-order valence-electron chi connectivity index (χ3n) is 5.22. The summed E-state index contributed by atoms with van der Waals surface area (Å²) >= 11 is 0. The molecule has 1 aliphatic heterocycles. The van der Waals surface area contributed by atoms with Crippen LogP contribution in [0, 0.1) is 5.92 Å². The molecular weight excluding hydrogens is 340 g/mol. The lowest BCUT2D eigenvalue weighted by molar-refractivity contribution is 0.261. The molecule has 1 aromatic heterocycles. The number of hydrogen-bond donors (Lipinski definition) is 5. The fraction of sp³-hybridized carbons (Fsp3) is 0.350. The van der Waals surface area contributed by atoms with Crippen LogP contribution in [0.5, 0.6) is 5.75 Å². The number of nitrogens with two attached hydrogens (primary N) is 3.